The number of benzene rings is 1. The molecule has 2 amide bonds. The number of nitro groups is 1. The number of amides is 2. The zero-order valence-corrected chi connectivity index (χ0v) is 14.4. The minimum Gasteiger partial charge on any atom is -0.338 e. The summed E-state index contributed by atoms with van der Waals surface area (Å²) < 4.78 is 5.02. The Morgan fingerprint density at radius 2 is 1.85 bits per heavy atom. The van der Waals surface area contributed by atoms with Gasteiger partial charge in [0.25, 0.3) is 5.69 Å². The monoisotopic (exact) mass is 368 g/mol. The summed E-state index contributed by atoms with van der Waals surface area (Å²) in [5, 5.41) is 18.0. The summed E-state index contributed by atoms with van der Waals surface area (Å²) in [6, 6.07) is 5.79. The maximum absolute atomic E-state index is 12.7. The number of carbonyl (C=O) groups excluding carboxylic acids is 2. The van der Waals surface area contributed by atoms with Gasteiger partial charge in [-0.1, -0.05) is 17.3 Å². The number of anilines is 3. The van der Waals surface area contributed by atoms with E-state index in [1.54, 1.807) is 13.0 Å². The first-order valence-electron chi connectivity index (χ1n) is 8.47. The molecule has 2 aliphatic rings. The zero-order chi connectivity index (χ0) is 19.1. The number of allylic oxidation sites excluding steroid dienone is 2. The van der Waals surface area contributed by atoms with E-state index < -0.39 is 16.8 Å². The average Bonchev–Trinajstić information content (AvgIpc) is 3.17. The van der Waals surface area contributed by atoms with Gasteiger partial charge in [-0.25, -0.2) is 4.90 Å². The lowest BCUT2D eigenvalue weighted by atomic mass is 9.85. The Morgan fingerprint density at radius 1 is 1.19 bits per heavy atom. The van der Waals surface area contributed by atoms with E-state index in [2.05, 4.69) is 10.5 Å². The molecule has 2 heterocycles. The number of hydrogen-bond donors (Lipinski definition) is 1. The van der Waals surface area contributed by atoms with E-state index in [1.807, 2.05) is 12.2 Å². The lowest BCUT2D eigenvalue weighted by Gasteiger charge is -2.15. The SMILES string of the molecule is Cc1cc(Nc2ccc(N3C(=O)[C@H]4CC=CC[C@@H]4C3=O)cc2[N+](=O)[O-])on1. The number of carbonyl (C=O) groups is 2. The molecule has 0 saturated carbocycles. The summed E-state index contributed by atoms with van der Waals surface area (Å²) in [6.07, 6.45) is 4.81. The summed E-state index contributed by atoms with van der Waals surface area (Å²) in [6.45, 7) is 1.73. The third-order valence-corrected chi connectivity index (χ3v) is 4.83. The first kappa shape index (κ1) is 17.0. The molecule has 1 aromatic heterocycles. The van der Waals surface area contributed by atoms with Crippen LogP contribution in [0.5, 0.6) is 0 Å². The maximum Gasteiger partial charge on any atom is 0.294 e. The van der Waals surface area contributed by atoms with Crippen LogP contribution in [0, 0.1) is 28.9 Å². The highest BCUT2D eigenvalue weighted by Crippen LogP contribution is 2.40. The van der Waals surface area contributed by atoms with E-state index in [9.17, 15) is 19.7 Å². The minimum atomic E-state index is -0.575. The van der Waals surface area contributed by atoms with Crippen molar-refractivity contribution in [1.29, 1.82) is 0 Å². The van der Waals surface area contributed by atoms with Crippen molar-refractivity contribution in [2.75, 3.05) is 10.2 Å². The van der Waals surface area contributed by atoms with E-state index in [1.165, 1.54) is 18.2 Å². The Kier molecular flexibility index (Phi) is 3.98. The number of nitrogens with zero attached hydrogens (tertiary/aromatic N) is 3. The van der Waals surface area contributed by atoms with E-state index >= 15 is 0 Å². The Bertz CT molecular complexity index is 954. The highest BCUT2D eigenvalue weighted by Gasteiger charge is 2.48. The first-order chi connectivity index (χ1) is 13.0. The second-order valence-corrected chi connectivity index (χ2v) is 6.58. The van der Waals surface area contributed by atoms with Crippen LogP contribution in [0.2, 0.25) is 0 Å². The molecule has 4 rings (SSSR count). The van der Waals surface area contributed by atoms with Crippen molar-refractivity contribution in [2.24, 2.45) is 11.8 Å². The lowest BCUT2D eigenvalue weighted by Crippen LogP contribution is -2.30. The zero-order valence-electron chi connectivity index (χ0n) is 14.4. The molecule has 0 bridgehead atoms. The molecule has 138 valence electrons. The molecule has 9 heteroatoms. The summed E-state index contributed by atoms with van der Waals surface area (Å²) in [4.78, 5) is 37.4. The van der Waals surface area contributed by atoms with Gasteiger partial charge < -0.3 is 9.84 Å². The van der Waals surface area contributed by atoms with Gasteiger partial charge in [0.05, 0.1) is 28.1 Å². The molecule has 27 heavy (non-hydrogen) atoms. The van der Waals surface area contributed by atoms with Gasteiger partial charge in [-0.05, 0) is 31.9 Å². The van der Waals surface area contributed by atoms with Crippen LogP contribution in [0.15, 0.2) is 40.9 Å². The molecule has 0 spiro atoms. The van der Waals surface area contributed by atoms with Crippen molar-refractivity contribution in [3.05, 3.63) is 52.2 Å². The van der Waals surface area contributed by atoms with Gasteiger partial charge >= 0.3 is 0 Å². The quantitative estimate of drug-likeness (QED) is 0.381. The van der Waals surface area contributed by atoms with Crippen LogP contribution in [-0.2, 0) is 9.59 Å². The van der Waals surface area contributed by atoms with Crippen molar-refractivity contribution >= 4 is 34.8 Å². The van der Waals surface area contributed by atoms with Crippen LogP contribution < -0.4 is 10.2 Å². The highest BCUT2D eigenvalue weighted by atomic mass is 16.6. The molecule has 1 aliphatic carbocycles. The smallest absolute Gasteiger partial charge is 0.294 e. The third kappa shape index (κ3) is 2.86. The fourth-order valence-corrected chi connectivity index (χ4v) is 3.53. The number of nitrogens with one attached hydrogen (secondary N) is 1. The van der Waals surface area contributed by atoms with Gasteiger partial charge in [-0.15, -0.1) is 0 Å². The minimum absolute atomic E-state index is 0.179. The number of nitro benzene ring substituents is 1. The second kappa shape index (κ2) is 6.35. The highest BCUT2D eigenvalue weighted by molar-refractivity contribution is 6.22. The predicted octanol–water partition coefficient (Wildman–Crippen LogP) is 3.09. The number of fused-ring (bicyclic) bond motifs is 1. The van der Waals surface area contributed by atoms with Crippen LogP contribution in [-0.4, -0.2) is 21.9 Å². The number of imide groups is 1. The third-order valence-electron chi connectivity index (χ3n) is 4.83. The van der Waals surface area contributed by atoms with Crippen LogP contribution in [0.4, 0.5) is 22.9 Å². The average molecular weight is 368 g/mol. The van der Waals surface area contributed by atoms with E-state index in [4.69, 9.17) is 4.52 Å². The van der Waals surface area contributed by atoms with Crippen molar-refractivity contribution in [1.82, 2.24) is 5.16 Å². The number of hydrogen-bond acceptors (Lipinski definition) is 7. The summed E-state index contributed by atoms with van der Waals surface area (Å²) in [7, 11) is 0. The van der Waals surface area contributed by atoms with Gasteiger partial charge in [0.2, 0.25) is 17.7 Å². The molecule has 0 unspecified atom stereocenters. The molecular weight excluding hydrogens is 352 g/mol. The van der Waals surface area contributed by atoms with E-state index in [0.29, 0.717) is 18.5 Å². The number of aromatic nitrogens is 1. The van der Waals surface area contributed by atoms with E-state index in [0.717, 1.165) is 4.90 Å². The van der Waals surface area contributed by atoms with Crippen molar-refractivity contribution in [3.63, 3.8) is 0 Å². The van der Waals surface area contributed by atoms with Crippen molar-refractivity contribution in [2.45, 2.75) is 19.8 Å². The molecule has 9 nitrogen and oxygen atoms in total. The van der Waals surface area contributed by atoms with Gasteiger partial charge in [-0.3, -0.25) is 19.7 Å². The van der Waals surface area contributed by atoms with Crippen molar-refractivity contribution in [3.8, 4) is 0 Å². The Labute approximate surface area is 153 Å². The van der Waals surface area contributed by atoms with Gasteiger partial charge in [0.15, 0.2) is 0 Å². The maximum atomic E-state index is 12.7. The Balaban J connectivity index is 1.68. The second-order valence-electron chi connectivity index (χ2n) is 6.58. The molecule has 1 aromatic carbocycles. The number of aryl methyl sites for hydroxylation is 1. The van der Waals surface area contributed by atoms with Gasteiger partial charge in [-0.2, -0.15) is 0 Å². The predicted molar refractivity (Wildman–Crippen MR) is 95.5 cm³/mol. The molecule has 2 aromatic rings. The van der Waals surface area contributed by atoms with Crippen LogP contribution in [0.25, 0.3) is 0 Å². The molecule has 2 atom stereocenters. The van der Waals surface area contributed by atoms with Crippen LogP contribution in [0.1, 0.15) is 18.5 Å². The standard InChI is InChI=1S/C18H16N4O5/c1-10-8-16(27-20-10)19-14-7-6-11(9-15(14)22(25)26)21-17(23)12-4-2-3-5-13(12)18(21)24/h2-3,6-9,12-13,19H,4-5H2,1H3/t12-,13-/m0/s1. The molecule has 1 saturated heterocycles. The Hall–Kier alpha value is -3.49. The van der Waals surface area contributed by atoms with Crippen LogP contribution in [0.3, 0.4) is 0 Å². The summed E-state index contributed by atoms with van der Waals surface area (Å²) in [5.74, 6) is -1.15. The van der Waals surface area contributed by atoms with E-state index in [-0.39, 0.29) is 34.8 Å². The summed E-state index contributed by atoms with van der Waals surface area (Å²) in [5.41, 5.74) is 0.736. The topological polar surface area (TPSA) is 119 Å². The fraction of sp³-hybridized carbons (Fsp3) is 0.278. The lowest BCUT2D eigenvalue weighted by molar-refractivity contribution is -0.383. The largest absolute Gasteiger partial charge is 0.338 e. The van der Waals surface area contributed by atoms with Crippen molar-refractivity contribution < 1.29 is 19.0 Å². The Morgan fingerprint density at radius 3 is 2.41 bits per heavy atom. The normalized spacial score (nSPS) is 21.4. The molecule has 0 radical (unpaired) electrons. The van der Waals surface area contributed by atoms with Gasteiger partial charge in [0.1, 0.15) is 5.69 Å². The molecule has 1 N–H and O–H groups in total. The fourth-order valence-electron chi connectivity index (χ4n) is 3.53. The molecule has 1 aliphatic heterocycles. The summed E-state index contributed by atoms with van der Waals surface area (Å²) >= 11 is 0. The molecule has 1 fully saturated rings. The van der Waals surface area contributed by atoms with Crippen LogP contribution >= 0.6 is 0 Å². The molecular formula is C18H16N4O5. The number of rotatable bonds is 4. The first-order valence-corrected chi connectivity index (χ1v) is 8.47. The van der Waals surface area contributed by atoms with Gasteiger partial charge in [0, 0.05) is 12.1 Å².